The van der Waals surface area contributed by atoms with Crippen LogP contribution in [0.4, 0.5) is 0 Å². The van der Waals surface area contributed by atoms with E-state index in [2.05, 4.69) is 64.3 Å². The summed E-state index contributed by atoms with van der Waals surface area (Å²) in [6.07, 6.45) is 1.84. The first-order valence-electron chi connectivity index (χ1n) is 10.4. The number of nitrogens with one attached hydrogen (secondary N) is 2. The number of hydrogen-bond acceptors (Lipinski definition) is 3. The summed E-state index contributed by atoms with van der Waals surface area (Å²) in [7, 11) is 0. The van der Waals surface area contributed by atoms with Crippen LogP contribution in [0.1, 0.15) is 67.6 Å². The molecule has 1 fully saturated rings. The van der Waals surface area contributed by atoms with Gasteiger partial charge >= 0.3 is 0 Å². The van der Waals surface area contributed by atoms with Crippen molar-refractivity contribution in [2.45, 2.75) is 78.1 Å². The third-order valence-electron chi connectivity index (χ3n) is 5.47. The molecule has 4 nitrogen and oxygen atoms in total. The second-order valence-electron chi connectivity index (χ2n) is 9.73. The molecule has 1 aliphatic rings. The summed E-state index contributed by atoms with van der Waals surface area (Å²) in [4.78, 5) is 12.7. The van der Waals surface area contributed by atoms with Crippen LogP contribution in [0, 0.1) is 13.8 Å². The highest BCUT2D eigenvalue weighted by Crippen LogP contribution is 2.28. The van der Waals surface area contributed by atoms with Gasteiger partial charge in [-0.05, 0) is 83.7 Å². The summed E-state index contributed by atoms with van der Waals surface area (Å²) < 4.78 is 5.94. The number of hydrogen-bond donors (Lipinski definition) is 2. The Balaban J connectivity index is 1.58. The summed E-state index contributed by atoms with van der Waals surface area (Å²) in [6, 6.07) is 14.0. The summed E-state index contributed by atoms with van der Waals surface area (Å²) in [5.41, 5.74) is 4.11. The van der Waals surface area contributed by atoms with E-state index in [1.165, 1.54) is 5.56 Å². The normalized spacial score (nSPS) is 18.3. The van der Waals surface area contributed by atoms with Crippen LogP contribution in [0.25, 0.3) is 0 Å². The van der Waals surface area contributed by atoms with Crippen LogP contribution >= 0.6 is 0 Å². The van der Waals surface area contributed by atoms with Crippen LogP contribution in [0.3, 0.4) is 0 Å². The Morgan fingerprint density at radius 2 is 1.66 bits per heavy atom. The van der Waals surface area contributed by atoms with Crippen molar-refractivity contribution < 1.29 is 9.53 Å². The van der Waals surface area contributed by atoms with E-state index in [0.29, 0.717) is 12.2 Å². The molecular weight excluding hydrogens is 360 g/mol. The molecule has 0 atom stereocenters. The highest BCUT2D eigenvalue weighted by molar-refractivity contribution is 5.94. The van der Waals surface area contributed by atoms with Crippen molar-refractivity contribution >= 4 is 5.91 Å². The zero-order chi connectivity index (χ0) is 21.2. The third kappa shape index (κ3) is 5.83. The Hall–Kier alpha value is -2.33. The van der Waals surface area contributed by atoms with Gasteiger partial charge in [-0.2, -0.15) is 0 Å². The molecule has 156 valence electrons. The van der Waals surface area contributed by atoms with Gasteiger partial charge in [0.05, 0.1) is 0 Å². The Kier molecular flexibility index (Phi) is 6.04. The molecule has 29 heavy (non-hydrogen) atoms. The summed E-state index contributed by atoms with van der Waals surface area (Å²) in [5.74, 6) is 0.888. The van der Waals surface area contributed by atoms with Crippen LogP contribution in [0.5, 0.6) is 5.75 Å². The third-order valence-corrected chi connectivity index (χ3v) is 5.47. The molecule has 0 bridgehead atoms. The molecule has 2 aromatic carbocycles. The fourth-order valence-corrected chi connectivity index (χ4v) is 4.57. The molecule has 1 aliphatic heterocycles. The lowest BCUT2D eigenvalue weighted by molar-refractivity contribution is 0.0873. The fourth-order valence-electron chi connectivity index (χ4n) is 4.57. The number of rotatable bonds is 5. The molecule has 0 saturated carbocycles. The zero-order valence-corrected chi connectivity index (χ0v) is 18.6. The lowest BCUT2D eigenvalue weighted by Crippen LogP contribution is -2.62. The zero-order valence-electron chi connectivity index (χ0n) is 18.6. The number of ether oxygens (including phenoxy) is 1. The Morgan fingerprint density at radius 3 is 2.24 bits per heavy atom. The quantitative estimate of drug-likeness (QED) is 0.757. The smallest absolute Gasteiger partial charge is 0.251 e. The molecule has 0 aromatic heterocycles. The monoisotopic (exact) mass is 394 g/mol. The van der Waals surface area contributed by atoms with Gasteiger partial charge in [0.1, 0.15) is 12.4 Å². The van der Waals surface area contributed by atoms with Gasteiger partial charge in [-0.1, -0.05) is 29.8 Å². The fraction of sp³-hybridized carbons (Fsp3) is 0.480. The average molecular weight is 395 g/mol. The Morgan fingerprint density at radius 1 is 1.03 bits per heavy atom. The minimum atomic E-state index is -0.00894. The van der Waals surface area contributed by atoms with Crippen molar-refractivity contribution in [1.29, 1.82) is 0 Å². The van der Waals surface area contributed by atoms with E-state index < -0.39 is 0 Å². The lowest BCUT2D eigenvalue weighted by Gasteiger charge is -2.46. The van der Waals surface area contributed by atoms with Crippen LogP contribution in [0.15, 0.2) is 42.5 Å². The molecule has 2 N–H and O–H groups in total. The summed E-state index contributed by atoms with van der Waals surface area (Å²) in [6.45, 7) is 13.4. The van der Waals surface area contributed by atoms with Gasteiger partial charge in [0.15, 0.2) is 0 Å². The SMILES string of the molecule is Cc1ccc(OCc2ccc(C(=O)NC3CC(C)(C)NC(C)(C)C3)cc2)c(C)c1. The standard InChI is InChI=1S/C25H34N2O2/c1-17-7-12-22(18(2)13-17)29-16-19-8-10-20(11-9-19)23(28)26-21-14-24(3,4)27-25(5,6)15-21/h7-13,21,27H,14-16H2,1-6H3,(H,26,28). The molecule has 0 aliphatic carbocycles. The van der Waals surface area contributed by atoms with Crippen LogP contribution in [-0.2, 0) is 6.61 Å². The number of piperidine rings is 1. The number of benzene rings is 2. The van der Waals surface area contributed by atoms with Crippen molar-refractivity contribution in [2.75, 3.05) is 0 Å². The topological polar surface area (TPSA) is 50.4 Å². The number of carbonyl (C=O) groups excluding carboxylic acids is 1. The van der Waals surface area contributed by atoms with E-state index in [0.717, 1.165) is 29.7 Å². The van der Waals surface area contributed by atoms with Crippen molar-refractivity contribution in [2.24, 2.45) is 0 Å². The van der Waals surface area contributed by atoms with E-state index in [1.807, 2.05) is 30.3 Å². The minimum Gasteiger partial charge on any atom is -0.489 e. The molecule has 1 amide bonds. The van der Waals surface area contributed by atoms with E-state index in [4.69, 9.17) is 4.74 Å². The van der Waals surface area contributed by atoms with Crippen molar-refractivity contribution in [3.63, 3.8) is 0 Å². The van der Waals surface area contributed by atoms with E-state index in [1.54, 1.807) is 0 Å². The van der Waals surface area contributed by atoms with Gasteiger partial charge < -0.3 is 15.4 Å². The second kappa shape index (κ2) is 8.19. The number of amides is 1. The first-order chi connectivity index (χ1) is 13.5. The number of carbonyl (C=O) groups is 1. The Labute approximate surface area is 175 Å². The maximum atomic E-state index is 12.7. The number of aryl methyl sites for hydroxylation is 2. The minimum absolute atomic E-state index is 0.00893. The van der Waals surface area contributed by atoms with E-state index in [-0.39, 0.29) is 23.0 Å². The van der Waals surface area contributed by atoms with Crippen molar-refractivity contribution in [3.8, 4) is 5.75 Å². The van der Waals surface area contributed by atoms with E-state index >= 15 is 0 Å². The van der Waals surface area contributed by atoms with Gasteiger partial charge in [-0.3, -0.25) is 4.79 Å². The van der Waals surface area contributed by atoms with Crippen molar-refractivity contribution in [1.82, 2.24) is 10.6 Å². The Bertz CT molecular complexity index is 853. The molecule has 0 unspecified atom stereocenters. The largest absolute Gasteiger partial charge is 0.489 e. The van der Waals surface area contributed by atoms with E-state index in [9.17, 15) is 4.79 Å². The maximum Gasteiger partial charge on any atom is 0.251 e. The van der Waals surface area contributed by atoms with Gasteiger partial charge in [0, 0.05) is 22.7 Å². The highest BCUT2D eigenvalue weighted by Gasteiger charge is 2.38. The molecule has 0 spiro atoms. The first-order valence-corrected chi connectivity index (χ1v) is 10.4. The molecule has 3 rings (SSSR count). The van der Waals surface area contributed by atoms with Gasteiger partial charge in [-0.15, -0.1) is 0 Å². The van der Waals surface area contributed by atoms with Crippen LogP contribution in [0.2, 0.25) is 0 Å². The molecular formula is C25H34N2O2. The summed E-state index contributed by atoms with van der Waals surface area (Å²) in [5, 5.41) is 6.88. The molecule has 1 heterocycles. The molecule has 2 aromatic rings. The average Bonchev–Trinajstić information content (AvgIpc) is 2.58. The predicted molar refractivity (Wildman–Crippen MR) is 118 cm³/mol. The van der Waals surface area contributed by atoms with Gasteiger partial charge in [0.25, 0.3) is 5.91 Å². The molecule has 4 heteroatoms. The van der Waals surface area contributed by atoms with Gasteiger partial charge in [-0.25, -0.2) is 0 Å². The van der Waals surface area contributed by atoms with Crippen molar-refractivity contribution in [3.05, 3.63) is 64.7 Å². The predicted octanol–water partition coefficient (Wildman–Crippen LogP) is 4.92. The maximum absolute atomic E-state index is 12.7. The van der Waals surface area contributed by atoms with Crippen LogP contribution < -0.4 is 15.4 Å². The second-order valence-corrected chi connectivity index (χ2v) is 9.73. The lowest BCUT2D eigenvalue weighted by atomic mass is 9.79. The molecule has 1 saturated heterocycles. The first kappa shape index (κ1) is 21.4. The highest BCUT2D eigenvalue weighted by atomic mass is 16.5. The summed E-state index contributed by atoms with van der Waals surface area (Å²) >= 11 is 0. The van der Waals surface area contributed by atoms with Gasteiger partial charge in [0.2, 0.25) is 0 Å². The van der Waals surface area contributed by atoms with Crippen LogP contribution in [-0.4, -0.2) is 23.0 Å². The molecule has 0 radical (unpaired) electrons.